The van der Waals surface area contributed by atoms with Crippen LogP contribution in [-0.4, -0.2) is 39.9 Å². The van der Waals surface area contributed by atoms with Crippen molar-refractivity contribution < 1.29 is 14.3 Å². The molecule has 0 atom stereocenters. The Hall–Kier alpha value is -3.59. The minimum absolute atomic E-state index is 0.174. The van der Waals surface area contributed by atoms with Crippen LogP contribution in [0.3, 0.4) is 0 Å². The van der Waals surface area contributed by atoms with Crippen molar-refractivity contribution in [2.75, 3.05) is 28.2 Å². The third kappa shape index (κ3) is 7.97. The van der Waals surface area contributed by atoms with Crippen LogP contribution in [0.15, 0.2) is 53.4 Å². The van der Waals surface area contributed by atoms with Gasteiger partial charge in [-0.1, -0.05) is 23.8 Å². The van der Waals surface area contributed by atoms with Gasteiger partial charge in [-0.25, -0.2) is 4.79 Å². The summed E-state index contributed by atoms with van der Waals surface area (Å²) in [7, 11) is 0. The van der Waals surface area contributed by atoms with Gasteiger partial charge in [-0.05, 0) is 82.2 Å². The Labute approximate surface area is 248 Å². The lowest BCUT2D eigenvalue weighted by atomic mass is 10.0. The molecule has 0 saturated heterocycles. The van der Waals surface area contributed by atoms with Gasteiger partial charge in [-0.3, -0.25) is 4.79 Å². The van der Waals surface area contributed by atoms with Gasteiger partial charge >= 0.3 is 6.09 Å². The third-order valence-electron chi connectivity index (χ3n) is 5.84. The van der Waals surface area contributed by atoms with Crippen molar-refractivity contribution >= 4 is 68.8 Å². The summed E-state index contributed by atoms with van der Waals surface area (Å²) in [5, 5.41) is 20.0. The Morgan fingerprint density at radius 2 is 1.85 bits per heavy atom. The standard InChI is InChI=1S/C29H31N5O3S3/c1-18-8-10-19(11-9-18)31-27(38)32-20-6-5-7-21(14-20)39-17-25(35)33-26-23(15-30)22-12-13-34(16-24(22)40-26)28(36)37-29(2,3)4/h5-11,14H,12-13,16-17H2,1-4H3,(H,33,35)(H2,31,32,38). The van der Waals surface area contributed by atoms with Crippen LogP contribution in [0, 0.1) is 18.3 Å². The van der Waals surface area contributed by atoms with Gasteiger partial charge in [0.15, 0.2) is 5.11 Å². The normalized spacial score (nSPS) is 12.6. The number of benzene rings is 2. The molecule has 2 amide bonds. The first-order valence-electron chi connectivity index (χ1n) is 12.7. The first kappa shape index (κ1) is 29.4. The number of hydrogen-bond acceptors (Lipinski definition) is 7. The number of fused-ring (bicyclic) bond motifs is 1. The number of hydrogen-bond donors (Lipinski definition) is 3. The highest BCUT2D eigenvalue weighted by atomic mass is 32.2. The molecule has 2 aromatic carbocycles. The van der Waals surface area contributed by atoms with Crippen LogP contribution in [0.4, 0.5) is 21.2 Å². The van der Waals surface area contributed by atoms with Gasteiger partial charge in [-0.2, -0.15) is 5.26 Å². The number of ether oxygens (including phenoxy) is 1. The van der Waals surface area contributed by atoms with Crippen LogP contribution in [-0.2, 0) is 22.5 Å². The molecular formula is C29H31N5O3S3. The summed E-state index contributed by atoms with van der Waals surface area (Å²) in [5.41, 5.74) is 3.66. The SMILES string of the molecule is Cc1ccc(NC(=S)Nc2cccc(SCC(=O)Nc3sc4c(c3C#N)CCN(C(=O)OC(C)(C)C)C4)c2)cc1. The van der Waals surface area contributed by atoms with E-state index < -0.39 is 5.60 Å². The second kappa shape index (κ2) is 12.7. The van der Waals surface area contributed by atoms with Gasteiger partial charge < -0.3 is 25.6 Å². The molecule has 3 aromatic rings. The monoisotopic (exact) mass is 593 g/mol. The number of thioether (sulfide) groups is 1. The molecule has 0 fully saturated rings. The number of carbonyl (C=O) groups is 2. The van der Waals surface area contributed by atoms with Crippen LogP contribution in [0.25, 0.3) is 0 Å². The maximum Gasteiger partial charge on any atom is 0.410 e. The van der Waals surface area contributed by atoms with Crippen LogP contribution in [0.5, 0.6) is 0 Å². The van der Waals surface area contributed by atoms with Gasteiger partial charge in [0.05, 0.1) is 17.9 Å². The Bertz CT molecular complexity index is 1460. The lowest BCUT2D eigenvalue weighted by Gasteiger charge is -2.29. The zero-order valence-electron chi connectivity index (χ0n) is 22.8. The molecule has 208 valence electrons. The van der Waals surface area contributed by atoms with Crippen molar-refractivity contribution in [2.24, 2.45) is 0 Å². The Morgan fingerprint density at radius 1 is 1.12 bits per heavy atom. The number of anilines is 3. The van der Waals surface area contributed by atoms with Crippen molar-refractivity contribution in [2.45, 2.75) is 51.2 Å². The highest BCUT2D eigenvalue weighted by Crippen LogP contribution is 2.37. The molecule has 0 radical (unpaired) electrons. The van der Waals surface area contributed by atoms with Crippen molar-refractivity contribution in [1.29, 1.82) is 5.26 Å². The first-order chi connectivity index (χ1) is 19.0. The highest BCUT2D eigenvalue weighted by Gasteiger charge is 2.30. The van der Waals surface area contributed by atoms with E-state index in [0.717, 1.165) is 26.7 Å². The van der Waals surface area contributed by atoms with Crippen LogP contribution >= 0.6 is 35.3 Å². The first-order valence-corrected chi connectivity index (χ1v) is 14.9. The predicted molar refractivity (Wildman–Crippen MR) is 166 cm³/mol. The molecule has 1 aliphatic heterocycles. The van der Waals surface area contributed by atoms with Crippen LogP contribution in [0.1, 0.15) is 42.3 Å². The molecule has 0 saturated carbocycles. The zero-order valence-corrected chi connectivity index (χ0v) is 25.2. The maximum atomic E-state index is 12.8. The number of rotatable bonds is 6. The van der Waals surface area contributed by atoms with E-state index in [4.69, 9.17) is 17.0 Å². The number of carbonyl (C=O) groups excluding carboxylic acids is 2. The second-order valence-corrected chi connectivity index (χ2v) is 12.8. The van der Waals surface area contributed by atoms with E-state index in [9.17, 15) is 14.9 Å². The minimum atomic E-state index is -0.582. The minimum Gasteiger partial charge on any atom is -0.444 e. The molecule has 11 heteroatoms. The zero-order chi connectivity index (χ0) is 28.9. The quantitative estimate of drug-likeness (QED) is 0.213. The molecule has 4 rings (SSSR count). The number of nitrogens with zero attached hydrogens (tertiary/aromatic N) is 2. The second-order valence-electron chi connectivity index (χ2n) is 10.3. The number of thiophene rings is 1. The van der Waals surface area contributed by atoms with E-state index in [1.54, 1.807) is 4.90 Å². The molecule has 3 N–H and O–H groups in total. The topological polar surface area (TPSA) is 106 Å². The molecule has 1 aliphatic rings. The molecule has 1 aromatic heterocycles. The number of thiocarbonyl (C=S) groups is 1. The fraction of sp³-hybridized carbons (Fsp3) is 0.310. The molecular weight excluding hydrogens is 563 g/mol. The van der Waals surface area contributed by atoms with E-state index in [0.29, 0.717) is 35.2 Å². The fourth-order valence-corrected chi connectivity index (χ4v) is 6.22. The Kier molecular flexibility index (Phi) is 9.35. The maximum absolute atomic E-state index is 12.8. The van der Waals surface area contributed by atoms with Crippen molar-refractivity contribution in [3.63, 3.8) is 0 Å². The summed E-state index contributed by atoms with van der Waals surface area (Å²) >= 11 is 8.16. The van der Waals surface area contributed by atoms with E-state index in [-0.39, 0.29) is 17.8 Å². The van der Waals surface area contributed by atoms with Gasteiger partial charge in [0, 0.05) is 27.7 Å². The Balaban J connectivity index is 1.33. The van der Waals surface area contributed by atoms with Crippen molar-refractivity contribution in [3.05, 3.63) is 70.1 Å². The molecule has 0 spiro atoms. The molecule has 40 heavy (non-hydrogen) atoms. The molecule has 2 heterocycles. The lowest BCUT2D eigenvalue weighted by molar-refractivity contribution is -0.113. The fourth-order valence-electron chi connectivity index (χ4n) is 4.00. The van der Waals surface area contributed by atoms with E-state index >= 15 is 0 Å². The summed E-state index contributed by atoms with van der Waals surface area (Å²) in [6.07, 6.45) is 0.161. The highest BCUT2D eigenvalue weighted by molar-refractivity contribution is 8.00. The number of nitriles is 1. The average molecular weight is 594 g/mol. The smallest absolute Gasteiger partial charge is 0.410 e. The third-order valence-corrected chi connectivity index (χ3v) is 8.17. The summed E-state index contributed by atoms with van der Waals surface area (Å²) in [4.78, 5) is 28.8. The molecule has 0 unspecified atom stereocenters. The Morgan fingerprint density at radius 3 is 2.55 bits per heavy atom. The summed E-state index contributed by atoms with van der Waals surface area (Å²) in [6, 6.07) is 17.8. The van der Waals surface area contributed by atoms with E-state index in [1.807, 2.05) is 76.2 Å². The number of amides is 2. The summed E-state index contributed by atoms with van der Waals surface area (Å²) in [6.45, 7) is 8.34. The lowest BCUT2D eigenvalue weighted by Crippen LogP contribution is -2.39. The van der Waals surface area contributed by atoms with Crippen molar-refractivity contribution in [1.82, 2.24) is 4.90 Å². The number of aryl methyl sites for hydroxylation is 1. The van der Waals surface area contributed by atoms with Gasteiger partial charge in [0.2, 0.25) is 5.91 Å². The average Bonchev–Trinajstić information content (AvgIpc) is 3.24. The van der Waals surface area contributed by atoms with Crippen LogP contribution < -0.4 is 16.0 Å². The van der Waals surface area contributed by atoms with Gasteiger partial charge in [0.25, 0.3) is 0 Å². The summed E-state index contributed by atoms with van der Waals surface area (Å²) < 4.78 is 5.49. The van der Waals surface area contributed by atoms with Gasteiger partial charge in [-0.15, -0.1) is 23.1 Å². The number of nitrogens with one attached hydrogen (secondary N) is 3. The molecule has 0 aliphatic carbocycles. The van der Waals surface area contributed by atoms with E-state index in [1.165, 1.54) is 28.7 Å². The molecule has 8 nitrogen and oxygen atoms in total. The van der Waals surface area contributed by atoms with Crippen molar-refractivity contribution in [3.8, 4) is 6.07 Å². The van der Waals surface area contributed by atoms with Gasteiger partial charge in [0.1, 0.15) is 16.7 Å². The van der Waals surface area contributed by atoms with Crippen LogP contribution in [0.2, 0.25) is 0 Å². The van der Waals surface area contributed by atoms with E-state index in [2.05, 4.69) is 22.0 Å². The summed E-state index contributed by atoms with van der Waals surface area (Å²) in [5.74, 6) is -0.0356. The largest absolute Gasteiger partial charge is 0.444 e. The predicted octanol–water partition coefficient (Wildman–Crippen LogP) is 6.76. The molecule has 0 bridgehead atoms.